The van der Waals surface area contributed by atoms with Gasteiger partial charge >= 0.3 is 0 Å². The Balaban J connectivity index is 2.65. The van der Waals surface area contributed by atoms with Crippen LogP contribution >= 0.6 is 0 Å². The second-order valence-corrected chi connectivity index (χ2v) is 6.91. The molecule has 0 fully saturated rings. The number of hydrogen-bond donors (Lipinski definition) is 0. The van der Waals surface area contributed by atoms with E-state index in [1.165, 1.54) is 40.7 Å². The van der Waals surface area contributed by atoms with Gasteiger partial charge in [0.1, 0.15) is 5.82 Å². The first-order valence-electron chi connectivity index (χ1n) is 7.36. The normalized spacial score (nSPS) is 11.7. The molecule has 6 nitrogen and oxygen atoms in total. The van der Waals surface area contributed by atoms with Gasteiger partial charge in [-0.2, -0.15) is 4.31 Å². The molecule has 0 heterocycles. The number of nitrogens with zero attached hydrogens (tertiary/aromatic N) is 2. The Morgan fingerprint density at radius 3 is 2.17 bits per heavy atom. The minimum atomic E-state index is -3.87. The van der Waals surface area contributed by atoms with Gasteiger partial charge in [-0.3, -0.25) is 10.1 Å². The number of hydrogen-bond acceptors (Lipinski definition) is 4. The molecule has 0 N–H and O–H groups in total. The van der Waals surface area contributed by atoms with E-state index < -0.39 is 20.8 Å². The first-order chi connectivity index (χ1) is 11.3. The van der Waals surface area contributed by atoms with Crippen LogP contribution in [0.5, 0.6) is 0 Å². The van der Waals surface area contributed by atoms with Crippen LogP contribution in [0.2, 0.25) is 0 Å². The number of benzene rings is 2. The molecule has 0 bridgehead atoms. The quantitative estimate of drug-likeness (QED) is 0.589. The van der Waals surface area contributed by atoms with Crippen molar-refractivity contribution in [1.82, 2.24) is 4.31 Å². The number of nitro benzene ring substituents is 1. The molecule has 8 heteroatoms. The maximum absolute atomic E-state index is 14.4. The number of rotatable bonds is 6. The number of sulfonamides is 1. The van der Waals surface area contributed by atoms with Gasteiger partial charge in [-0.25, -0.2) is 12.8 Å². The van der Waals surface area contributed by atoms with Gasteiger partial charge in [0.05, 0.1) is 9.82 Å². The summed E-state index contributed by atoms with van der Waals surface area (Å²) in [6.07, 6.45) is 0. The maximum atomic E-state index is 14.4. The lowest BCUT2D eigenvalue weighted by Crippen LogP contribution is -2.31. The van der Waals surface area contributed by atoms with E-state index in [4.69, 9.17) is 0 Å². The molecule has 2 aromatic carbocycles. The summed E-state index contributed by atoms with van der Waals surface area (Å²) in [5.41, 5.74) is 0.0342. The van der Waals surface area contributed by atoms with Crippen LogP contribution in [0.1, 0.15) is 13.8 Å². The van der Waals surface area contributed by atoms with Crippen LogP contribution in [-0.2, 0) is 10.0 Å². The van der Waals surface area contributed by atoms with Crippen LogP contribution in [0.4, 0.5) is 10.1 Å². The molecule has 0 saturated heterocycles. The molecule has 0 atom stereocenters. The van der Waals surface area contributed by atoms with Gasteiger partial charge in [0, 0.05) is 30.8 Å². The summed E-state index contributed by atoms with van der Waals surface area (Å²) in [5.74, 6) is -0.697. The maximum Gasteiger partial charge on any atom is 0.269 e. The van der Waals surface area contributed by atoms with Crippen molar-refractivity contribution in [2.45, 2.75) is 18.7 Å². The highest BCUT2D eigenvalue weighted by molar-refractivity contribution is 7.89. The van der Waals surface area contributed by atoms with Gasteiger partial charge in [-0.1, -0.05) is 19.9 Å². The average Bonchev–Trinajstić information content (AvgIpc) is 2.55. The van der Waals surface area contributed by atoms with E-state index in [1.807, 2.05) is 0 Å². The molecule has 2 rings (SSSR count). The Morgan fingerprint density at radius 2 is 1.67 bits per heavy atom. The Kier molecular flexibility index (Phi) is 5.30. The SMILES string of the molecule is CCN(CC)S(=O)(=O)c1cccc(F)c1-c1ccc([N+](=O)[O-])cc1. The van der Waals surface area contributed by atoms with E-state index in [0.29, 0.717) is 0 Å². The zero-order chi connectivity index (χ0) is 17.9. The highest BCUT2D eigenvalue weighted by Gasteiger charge is 2.27. The summed E-state index contributed by atoms with van der Waals surface area (Å²) in [4.78, 5) is 10.0. The van der Waals surface area contributed by atoms with Crippen molar-refractivity contribution in [1.29, 1.82) is 0 Å². The van der Waals surface area contributed by atoms with Gasteiger partial charge in [-0.05, 0) is 29.8 Å². The molecule has 128 valence electrons. The smallest absolute Gasteiger partial charge is 0.258 e. The summed E-state index contributed by atoms with van der Waals surface area (Å²) < 4.78 is 41.1. The fourth-order valence-corrected chi connectivity index (χ4v) is 4.13. The summed E-state index contributed by atoms with van der Waals surface area (Å²) >= 11 is 0. The predicted molar refractivity (Wildman–Crippen MR) is 88.6 cm³/mol. The molecule has 0 aliphatic rings. The van der Waals surface area contributed by atoms with E-state index in [1.54, 1.807) is 13.8 Å². The molecular weight excluding hydrogens is 335 g/mol. The van der Waals surface area contributed by atoms with E-state index in [9.17, 15) is 22.9 Å². The van der Waals surface area contributed by atoms with Gasteiger partial charge in [0.15, 0.2) is 0 Å². The van der Waals surface area contributed by atoms with Crippen LogP contribution in [0, 0.1) is 15.9 Å². The summed E-state index contributed by atoms with van der Waals surface area (Å²) in [6, 6.07) is 8.97. The van der Waals surface area contributed by atoms with Crippen LogP contribution in [0.15, 0.2) is 47.4 Å². The van der Waals surface area contributed by atoms with Crippen molar-refractivity contribution in [3.63, 3.8) is 0 Å². The van der Waals surface area contributed by atoms with E-state index in [-0.39, 0.29) is 34.8 Å². The molecule has 0 radical (unpaired) electrons. The molecule has 0 aliphatic heterocycles. The fraction of sp³-hybridized carbons (Fsp3) is 0.250. The van der Waals surface area contributed by atoms with E-state index in [2.05, 4.69) is 0 Å². The molecule has 0 spiro atoms. The molecule has 0 amide bonds. The highest BCUT2D eigenvalue weighted by atomic mass is 32.2. The Morgan fingerprint density at radius 1 is 1.08 bits per heavy atom. The summed E-state index contributed by atoms with van der Waals surface area (Å²) in [6.45, 7) is 3.92. The van der Waals surface area contributed by atoms with Crippen molar-refractivity contribution < 1.29 is 17.7 Å². The van der Waals surface area contributed by atoms with Crippen LogP contribution in [-0.4, -0.2) is 30.7 Å². The van der Waals surface area contributed by atoms with E-state index >= 15 is 0 Å². The van der Waals surface area contributed by atoms with Gasteiger partial charge in [0.2, 0.25) is 10.0 Å². The van der Waals surface area contributed by atoms with Gasteiger partial charge in [-0.15, -0.1) is 0 Å². The molecular formula is C16H17FN2O4S. The lowest BCUT2D eigenvalue weighted by molar-refractivity contribution is -0.384. The zero-order valence-electron chi connectivity index (χ0n) is 13.3. The molecule has 2 aromatic rings. The minimum Gasteiger partial charge on any atom is -0.258 e. The molecule has 0 aromatic heterocycles. The first-order valence-corrected chi connectivity index (χ1v) is 8.80. The third-order valence-electron chi connectivity index (χ3n) is 3.67. The monoisotopic (exact) mass is 352 g/mol. The third kappa shape index (κ3) is 3.29. The third-order valence-corrected chi connectivity index (χ3v) is 5.76. The topological polar surface area (TPSA) is 80.5 Å². The summed E-state index contributed by atoms with van der Waals surface area (Å²) in [7, 11) is -3.87. The average molecular weight is 352 g/mol. The highest BCUT2D eigenvalue weighted by Crippen LogP contribution is 2.32. The largest absolute Gasteiger partial charge is 0.269 e. The van der Waals surface area contributed by atoms with E-state index in [0.717, 1.165) is 6.07 Å². The lowest BCUT2D eigenvalue weighted by atomic mass is 10.0. The number of nitro groups is 1. The molecule has 0 unspecified atom stereocenters. The predicted octanol–water partition coefficient (Wildman–Crippen LogP) is 3.43. The van der Waals surface area contributed by atoms with Crippen molar-refractivity contribution in [2.75, 3.05) is 13.1 Å². The van der Waals surface area contributed by atoms with Crippen molar-refractivity contribution >= 4 is 15.7 Å². The molecule has 0 aliphatic carbocycles. The Hall–Kier alpha value is -2.32. The van der Waals surface area contributed by atoms with Crippen LogP contribution < -0.4 is 0 Å². The fourth-order valence-electron chi connectivity index (χ4n) is 2.45. The molecule has 0 saturated carbocycles. The van der Waals surface area contributed by atoms with Crippen molar-refractivity contribution in [3.8, 4) is 11.1 Å². The Bertz CT molecular complexity index is 847. The van der Waals surface area contributed by atoms with Crippen molar-refractivity contribution in [2.24, 2.45) is 0 Å². The second-order valence-electron chi connectivity index (χ2n) is 5.01. The summed E-state index contributed by atoms with van der Waals surface area (Å²) in [5, 5.41) is 10.7. The standard InChI is InChI=1S/C16H17FN2O4S/c1-3-18(4-2)24(22,23)15-7-5-6-14(17)16(15)12-8-10-13(11-9-12)19(20)21/h5-11H,3-4H2,1-2H3. The van der Waals surface area contributed by atoms with Crippen LogP contribution in [0.25, 0.3) is 11.1 Å². The van der Waals surface area contributed by atoms with Gasteiger partial charge in [0.25, 0.3) is 5.69 Å². The minimum absolute atomic E-state index is 0.0840. The lowest BCUT2D eigenvalue weighted by Gasteiger charge is -2.20. The van der Waals surface area contributed by atoms with Gasteiger partial charge < -0.3 is 0 Å². The molecule has 24 heavy (non-hydrogen) atoms. The second kappa shape index (κ2) is 7.06. The Labute approximate surface area is 139 Å². The zero-order valence-corrected chi connectivity index (χ0v) is 14.1. The number of halogens is 1. The number of non-ortho nitro benzene ring substituents is 1. The first kappa shape index (κ1) is 18.0. The van der Waals surface area contributed by atoms with Crippen LogP contribution in [0.3, 0.4) is 0 Å². The van der Waals surface area contributed by atoms with Crippen molar-refractivity contribution in [3.05, 3.63) is 58.4 Å².